The summed E-state index contributed by atoms with van der Waals surface area (Å²) in [5.41, 5.74) is 0. The summed E-state index contributed by atoms with van der Waals surface area (Å²) in [6.45, 7) is 4.97. The molecule has 0 radical (unpaired) electrons. The molecule has 0 aromatic carbocycles. The molecule has 0 aromatic heterocycles. The average Bonchev–Trinajstić information content (AvgIpc) is 2.01. The van der Waals surface area contributed by atoms with Crippen molar-refractivity contribution in [2.75, 3.05) is 6.61 Å². The molecule has 2 N–H and O–H groups in total. The molecule has 2 atom stereocenters. The van der Waals surface area contributed by atoms with Crippen molar-refractivity contribution in [2.24, 2.45) is 0 Å². The van der Waals surface area contributed by atoms with Crippen LogP contribution in [0, 0.1) is 0 Å². The van der Waals surface area contributed by atoms with Gasteiger partial charge in [-0.2, -0.15) is 0 Å². The smallest absolute Gasteiger partial charge is 0.198 e. The van der Waals surface area contributed by atoms with Gasteiger partial charge in [-0.25, -0.2) is 0 Å². The zero-order chi connectivity index (χ0) is 10.4. The first-order valence-electron chi connectivity index (χ1n) is 4.12. The van der Waals surface area contributed by atoms with Crippen LogP contribution in [-0.4, -0.2) is 40.4 Å². The van der Waals surface area contributed by atoms with Crippen LogP contribution in [0.4, 0.5) is 0 Å². The Balaban J connectivity index is 3.77. The molecule has 2 unspecified atom stereocenters. The minimum absolute atomic E-state index is 0.0315. The number of ether oxygens (including phenoxy) is 2. The topological polar surface area (TPSA) is 58.9 Å². The lowest BCUT2D eigenvalue weighted by Crippen LogP contribution is -2.30. The predicted octanol–water partition coefficient (Wildman–Crippen LogP) is 0.455. The van der Waals surface area contributed by atoms with Crippen LogP contribution in [0.25, 0.3) is 0 Å². The van der Waals surface area contributed by atoms with E-state index in [1.54, 1.807) is 6.92 Å². The first kappa shape index (κ1) is 12.8. The Hall–Kier alpha value is -0.230. The van der Waals surface area contributed by atoms with E-state index in [9.17, 15) is 0 Å². The van der Waals surface area contributed by atoms with Crippen molar-refractivity contribution in [3.63, 3.8) is 0 Å². The molecule has 5 heteroatoms. The molecular weight excluding hydrogens is 192 g/mol. The molecule has 0 fully saturated rings. The van der Waals surface area contributed by atoms with Gasteiger partial charge in [0.25, 0.3) is 0 Å². The molecule has 4 nitrogen and oxygen atoms in total. The van der Waals surface area contributed by atoms with Crippen molar-refractivity contribution in [2.45, 2.75) is 39.3 Å². The second kappa shape index (κ2) is 6.26. The molecule has 0 aliphatic rings. The van der Waals surface area contributed by atoms with Crippen molar-refractivity contribution in [3.8, 4) is 0 Å². The van der Waals surface area contributed by atoms with Crippen LogP contribution in [0.3, 0.4) is 0 Å². The molecule has 0 spiro atoms. The number of rotatable bonds is 5. The van der Waals surface area contributed by atoms with Gasteiger partial charge in [-0.3, -0.25) is 0 Å². The third-order valence-corrected chi connectivity index (χ3v) is 1.56. The zero-order valence-corrected chi connectivity index (χ0v) is 8.87. The van der Waals surface area contributed by atoms with E-state index in [-0.39, 0.29) is 11.2 Å². The van der Waals surface area contributed by atoms with Gasteiger partial charge in [0.1, 0.15) is 6.10 Å². The number of hydrogen-bond acceptors (Lipinski definition) is 5. The molecular formula is C8H16O4S. The molecule has 0 heterocycles. The first-order valence-corrected chi connectivity index (χ1v) is 4.53. The molecule has 0 saturated carbocycles. The average molecular weight is 208 g/mol. The molecule has 0 aliphatic carbocycles. The monoisotopic (exact) mass is 208 g/mol. The third kappa shape index (κ3) is 5.93. The van der Waals surface area contributed by atoms with Crippen molar-refractivity contribution in [1.29, 1.82) is 0 Å². The Morgan fingerprint density at radius 1 is 1.38 bits per heavy atom. The van der Waals surface area contributed by atoms with Crippen molar-refractivity contribution >= 4 is 17.3 Å². The van der Waals surface area contributed by atoms with Crippen LogP contribution < -0.4 is 0 Å². The van der Waals surface area contributed by atoms with Crippen LogP contribution in [0.5, 0.6) is 0 Å². The zero-order valence-electron chi connectivity index (χ0n) is 8.06. The normalized spacial score (nSPS) is 15.5. The predicted molar refractivity (Wildman–Crippen MR) is 52.5 cm³/mol. The van der Waals surface area contributed by atoms with E-state index >= 15 is 0 Å². The van der Waals surface area contributed by atoms with E-state index in [1.807, 2.05) is 13.8 Å². The van der Waals surface area contributed by atoms with Gasteiger partial charge in [-0.15, -0.1) is 0 Å². The lowest BCUT2D eigenvalue weighted by Gasteiger charge is -2.19. The summed E-state index contributed by atoms with van der Waals surface area (Å²) >= 11 is 4.69. The summed E-state index contributed by atoms with van der Waals surface area (Å²) in [6, 6.07) is 0. The van der Waals surface area contributed by atoms with Gasteiger partial charge in [0.15, 0.2) is 11.3 Å². The number of hydrogen-bond donors (Lipinski definition) is 2. The second-order valence-corrected chi connectivity index (χ2v) is 3.29. The highest BCUT2D eigenvalue weighted by Crippen LogP contribution is 2.02. The fourth-order valence-electron chi connectivity index (χ4n) is 0.728. The van der Waals surface area contributed by atoms with Crippen molar-refractivity contribution in [1.82, 2.24) is 0 Å². The second-order valence-electron chi connectivity index (χ2n) is 2.89. The van der Waals surface area contributed by atoms with E-state index in [2.05, 4.69) is 0 Å². The van der Waals surface area contributed by atoms with Crippen molar-refractivity contribution in [3.05, 3.63) is 0 Å². The van der Waals surface area contributed by atoms with Gasteiger partial charge in [-0.05, 0) is 33.0 Å². The Kier molecular flexibility index (Phi) is 6.15. The minimum Gasteiger partial charge on any atom is -0.456 e. The molecule has 13 heavy (non-hydrogen) atoms. The van der Waals surface area contributed by atoms with Crippen LogP contribution >= 0.6 is 12.2 Å². The fourth-order valence-corrected chi connectivity index (χ4v) is 0.938. The summed E-state index contributed by atoms with van der Waals surface area (Å²) < 4.78 is 10.2. The standard InChI is InChI=1S/C8H16O4S/c1-5(2)11-6(3)12-8(13)7(10)4-9/h5-7,9-10H,4H2,1-3H3. The Morgan fingerprint density at radius 2 is 1.92 bits per heavy atom. The molecule has 0 rings (SSSR count). The third-order valence-electron chi connectivity index (χ3n) is 1.19. The van der Waals surface area contributed by atoms with Crippen molar-refractivity contribution < 1.29 is 19.7 Å². The van der Waals surface area contributed by atoms with E-state index < -0.39 is 19.0 Å². The SMILES string of the molecule is CC(C)OC(C)OC(=S)C(O)CO. The highest BCUT2D eigenvalue weighted by molar-refractivity contribution is 7.80. The Bertz CT molecular complexity index is 160. The maximum atomic E-state index is 9.04. The van der Waals surface area contributed by atoms with E-state index in [0.29, 0.717) is 0 Å². The summed E-state index contributed by atoms with van der Waals surface area (Å²) in [5, 5.41) is 17.5. The van der Waals surface area contributed by atoms with Gasteiger partial charge in [0, 0.05) is 0 Å². The Labute approximate surface area is 83.5 Å². The minimum atomic E-state index is -1.12. The number of aliphatic hydroxyl groups is 2. The molecule has 0 saturated heterocycles. The van der Waals surface area contributed by atoms with Crippen LogP contribution in [-0.2, 0) is 9.47 Å². The van der Waals surface area contributed by atoms with Crippen LogP contribution in [0.15, 0.2) is 0 Å². The molecule has 0 aliphatic heterocycles. The van der Waals surface area contributed by atoms with Gasteiger partial charge in [-0.1, -0.05) is 0 Å². The van der Waals surface area contributed by atoms with E-state index in [0.717, 1.165) is 0 Å². The highest BCUT2D eigenvalue weighted by Gasteiger charge is 2.14. The maximum absolute atomic E-state index is 9.04. The van der Waals surface area contributed by atoms with E-state index in [4.69, 9.17) is 31.9 Å². The maximum Gasteiger partial charge on any atom is 0.198 e. The number of thiocarbonyl (C=S) groups is 1. The molecule has 0 amide bonds. The molecule has 0 bridgehead atoms. The lowest BCUT2D eigenvalue weighted by molar-refractivity contribution is -0.106. The first-order chi connectivity index (χ1) is 5.97. The summed E-state index contributed by atoms with van der Waals surface area (Å²) in [6.07, 6.45) is -1.59. The largest absolute Gasteiger partial charge is 0.456 e. The van der Waals surface area contributed by atoms with Gasteiger partial charge in [0.2, 0.25) is 0 Å². The van der Waals surface area contributed by atoms with Gasteiger partial charge >= 0.3 is 0 Å². The van der Waals surface area contributed by atoms with Gasteiger partial charge in [0.05, 0.1) is 12.7 Å². The quantitative estimate of drug-likeness (QED) is 0.507. The van der Waals surface area contributed by atoms with Crippen LogP contribution in [0.2, 0.25) is 0 Å². The summed E-state index contributed by atoms with van der Waals surface area (Å²) in [7, 11) is 0. The van der Waals surface area contributed by atoms with Crippen LogP contribution in [0.1, 0.15) is 20.8 Å². The summed E-state index contributed by atoms with van der Waals surface area (Å²) in [5.74, 6) is 0. The molecule has 0 aromatic rings. The highest BCUT2D eigenvalue weighted by atomic mass is 32.1. The lowest BCUT2D eigenvalue weighted by atomic mass is 10.4. The Morgan fingerprint density at radius 3 is 2.31 bits per heavy atom. The number of aliphatic hydroxyl groups excluding tert-OH is 2. The summed E-state index contributed by atoms with van der Waals surface area (Å²) in [4.78, 5) is 0. The fraction of sp³-hybridized carbons (Fsp3) is 0.875. The molecule has 78 valence electrons. The van der Waals surface area contributed by atoms with E-state index in [1.165, 1.54) is 0 Å². The van der Waals surface area contributed by atoms with Gasteiger partial charge < -0.3 is 19.7 Å².